The summed E-state index contributed by atoms with van der Waals surface area (Å²) in [7, 11) is 0. The van der Waals surface area contributed by atoms with E-state index < -0.39 is 6.29 Å². The molecule has 1 rings (SSSR count). The Labute approximate surface area is 52.3 Å². The topological polar surface area (TPSA) is 84.4 Å². The molecule has 1 heterocycles. The van der Waals surface area contributed by atoms with E-state index in [0.717, 1.165) is 5.01 Å². The zero-order valence-corrected chi connectivity index (χ0v) is 4.74. The summed E-state index contributed by atoms with van der Waals surface area (Å²) in [5.41, 5.74) is 5.29. The van der Waals surface area contributed by atoms with Crippen LogP contribution in [0.4, 0.5) is 0 Å². The first-order valence-electron chi connectivity index (χ1n) is 2.48. The fourth-order valence-electron chi connectivity index (χ4n) is 0.521. The van der Waals surface area contributed by atoms with Gasteiger partial charge in [0.2, 0.25) is 0 Å². The van der Waals surface area contributed by atoms with Crippen LogP contribution in [0, 0.1) is 0 Å². The molecule has 1 amide bonds. The first-order chi connectivity index (χ1) is 4.22. The number of nitrogens with one attached hydrogen (secondary N) is 1. The van der Waals surface area contributed by atoms with Gasteiger partial charge in [-0.3, -0.25) is 10.5 Å². The van der Waals surface area contributed by atoms with E-state index in [1.807, 2.05) is 0 Å². The van der Waals surface area contributed by atoms with Crippen molar-refractivity contribution in [3.05, 3.63) is 12.3 Å². The Morgan fingerprint density at radius 2 is 2.44 bits per heavy atom. The summed E-state index contributed by atoms with van der Waals surface area (Å²) in [5.74, 6) is 4.88. The standard InChI is InChI=1S/C4H8N4O/c5-4-7-2-1-3(9)8(4)6/h1-2,4,7H,5-6H2. The Morgan fingerprint density at radius 1 is 1.78 bits per heavy atom. The Hall–Kier alpha value is -1.07. The van der Waals surface area contributed by atoms with Crippen molar-refractivity contribution in [2.45, 2.75) is 6.29 Å². The quantitative estimate of drug-likeness (QED) is 0.261. The fraction of sp³-hybridized carbons (Fsp3) is 0.250. The normalized spacial score (nSPS) is 26.2. The van der Waals surface area contributed by atoms with E-state index in [9.17, 15) is 4.79 Å². The Balaban J connectivity index is 2.69. The molecule has 0 aliphatic carbocycles. The van der Waals surface area contributed by atoms with Crippen LogP contribution in [0.2, 0.25) is 0 Å². The van der Waals surface area contributed by atoms with Gasteiger partial charge in [0.25, 0.3) is 5.91 Å². The molecular formula is C4H8N4O. The molecule has 1 atom stereocenters. The van der Waals surface area contributed by atoms with Gasteiger partial charge in [0.15, 0.2) is 6.29 Å². The van der Waals surface area contributed by atoms with E-state index in [-0.39, 0.29) is 5.91 Å². The lowest BCUT2D eigenvalue weighted by atomic mass is 10.5. The van der Waals surface area contributed by atoms with Gasteiger partial charge < -0.3 is 5.32 Å². The highest BCUT2D eigenvalue weighted by Gasteiger charge is 2.15. The summed E-state index contributed by atoms with van der Waals surface area (Å²) in [4.78, 5) is 10.6. The van der Waals surface area contributed by atoms with E-state index in [0.29, 0.717) is 0 Å². The van der Waals surface area contributed by atoms with E-state index in [1.165, 1.54) is 12.3 Å². The van der Waals surface area contributed by atoms with Crippen LogP contribution in [0.15, 0.2) is 12.3 Å². The second-order valence-electron chi connectivity index (χ2n) is 1.69. The van der Waals surface area contributed by atoms with Crippen molar-refractivity contribution in [2.24, 2.45) is 11.6 Å². The largest absolute Gasteiger partial charge is 0.358 e. The van der Waals surface area contributed by atoms with Crippen molar-refractivity contribution < 1.29 is 4.79 Å². The van der Waals surface area contributed by atoms with Crippen LogP contribution in [0.3, 0.4) is 0 Å². The first-order valence-corrected chi connectivity index (χ1v) is 2.48. The maximum Gasteiger partial charge on any atom is 0.264 e. The third-order valence-electron chi connectivity index (χ3n) is 1.05. The highest BCUT2D eigenvalue weighted by atomic mass is 16.2. The van der Waals surface area contributed by atoms with Crippen LogP contribution in [-0.2, 0) is 4.79 Å². The summed E-state index contributed by atoms with van der Waals surface area (Å²) in [6.45, 7) is 0. The number of hydrogen-bond acceptors (Lipinski definition) is 4. The van der Waals surface area contributed by atoms with Crippen molar-refractivity contribution in [2.75, 3.05) is 0 Å². The summed E-state index contributed by atoms with van der Waals surface area (Å²) >= 11 is 0. The number of carbonyl (C=O) groups is 1. The highest BCUT2D eigenvalue weighted by molar-refractivity contribution is 5.87. The SMILES string of the molecule is NC1NC=CC(=O)N1N. The third kappa shape index (κ3) is 1.01. The molecule has 1 unspecified atom stereocenters. The molecule has 0 aromatic carbocycles. The third-order valence-corrected chi connectivity index (χ3v) is 1.05. The molecule has 0 saturated heterocycles. The summed E-state index contributed by atoms with van der Waals surface area (Å²) in [5, 5.41) is 3.56. The summed E-state index contributed by atoms with van der Waals surface area (Å²) in [6, 6.07) is 0. The van der Waals surface area contributed by atoms with Gasteiger partial charge in [-0.05, 0) is 0 Å². The van der Waals surface area contributed by atoms with Crippen LogP contribution in [0.1, 0.15) is 0 Å². The van der Waals surface area contributed by atoms with E-state index in [1.54, 1.807) is 0 Å². The monoisotopic (exact) mass is 128 g/mol. The first kappa shape index (κ1) is 6.06. The molecule has 0 radical (unpaired) electrons. The highest BCUT2D eigenvalue weighted by Crippen LogP contribution is 1.90. The molecule has 50 valence electrons. The van der Waals surface area contributed by atoms with Gasteiger partial charge in [-0.1, -0.05) is 0 Å². The Morgan fingerprint density at radius 3 is 2.89 bits per heavy atom. The average Bonchev–Trinajstić information content (AvgIpc) is 1.83. The minimum Gasteiger partial charge on any atom is -0.358 e. The smallest absolute Gasteiger partial charge is 0.264 e. The fourth-order valence-corrected chi connectivity index (χ4v) is 0.521. The maximum atomic E-state index is 10.6. The van der Waals surface area contributed by atoms with Gasteiger partial charge in [-0.25, -0.2) is 10.9 Å². The van der Waals surface area contributed by atoms with Crippen LogP contribution < -0.4 is 16.9 Å². The number of carbonyl (C=O) groups excluding carboxylic acids is 1. The molecule has 5 nitrogen and oxygen atoms in total. The molecular weight excluding hydrogens is 120 g/mol. The van der Waals surface area contributed by atoms with Gasteiger partial charge >= 0.3 is 0 Å². The maximum absolute atomic E-state index is 10.6. The van der Waals surface area contributed by atoms with Crippen LogP contribution >= 0.6 is 0 Å². The van der Waals surface area contributed by atoms with Crippen molar-refractivity contribution in [3.63, 3.8) is 0 Å². The van der Waals surface area contributed by atoms with Crippen molar-refractivity contribution in [3.8, 4) is 0 Å². The molecule has 0 spiro atoms. The minimum atomic E-state index is -0.595. The minimum absolute atomic E-state index is 0.291. The van der Waals surface area contributed by atoms with Crippen LogP contribution in [-0.4, -0.2) is 17.2 Å². The Bertz CT molecular complexity index is 155. The number of nitrogens with two attached hydrogens (primary N) is 2. The number of hydrazine groups is 1. The van der Waals surface area contributed by atoms with E-state index >= 15 is 0 Å². The summed E-state index contributed by atoms with van der Waals surface area (Å²) < 4.78 is 0. The molecule has 0 aromatic rings. The van der Waals surface area contributed by atoms with Gasteiger partial charge in [-0.2, -0.15) is 0 Å². The van der Waals surface area contributed by atoms with Crippen molar-refractivity contribution in [1.82, 2.24) is 10.3 Å². The second kappa shape index (κ2) is 2.04. The Kier molecular flexibility index (Phi) is 1.37. The molecule has 0 fully saturated rings. The molecule has 5 N–H and O–H groups in total. The van der Waals surface area contributed by atoms with Gasteiger partial charge in [0.1, 0.15) is 0 Å². The zero-order chi connectivity index (χ0) is 6.85. The average molecular weight is 128 g/mol. The predicted octanol–water partition coefficient (Wildman–Crippen LogP) is -1.95. The number of hydrogen-bond donors (Lipinski definition) is 3. The molecule has 0 bridgehead atoms. The molecule has 1 aliphatic heterocycles. The van der Waals surface area contributed by atoms with E-state index in [2.05, 4.69) is 5.32 Å². The summed E-state index contributed by atoms with van der Waals surface area (Å²) in [6.07, 6.45) is 2.18. The predicted molar refractivity (Wildman–Crippen MR) is 31.3 cm³/mol. The van der Waals surface area contributed by atoms with Gasteiger partial charge in [-0.15, -0.1) is 0 Å². The molecule has 5 heteroatoms. The molecule has 0 aromatic heterocycles. The molecule has 9 heavy (non-hydrogen) atoms. The van der Waals surface area contributed by atoms with Gasteiger partial charge in [0.05, 0.1) is 0 Å². The van der Waals surface area contributed by atoms with Crippen molar-refractivity contribution in [1.29, 1.82) is 0 Å². The number of nitrogens with zero attached hydrogens (tertiary/aromatic N) is 1. The zero-order valence-electron chi connectivity index (χ0n) is 4.74. The van der Waals surface area contributed by atoms with Crippen LogP contribution in [0.25, 0.3) is 0 Å². The lowest BCUT2D eigenvalue weighted by Crippen LogP contribution is -2.58. The molecule has 1 aliphatic rings. The van der Waals surface area contributed by atoms with Crippen molar-refractivity contribution >= 4 is 5.91 Å². The number of amides is 1. The second-order valence-corrected chi connectivity index (χ2v) is 1.69. The van der Waals surface area contributed by atoms with Crippen LogP contribution in [0.5, 0.6) is 0 Å². The lowest BCUT2D eigenvalue weighted by molar-refractivity contribution is -0.129. The van der Waals surface area contributed by atoms with E-state index in [4.69, 9.17) is 11.6 Å². The molecule has 0 saturated carbocycles. The lowest BCUT2D eigenvalue weighted by Gasteiger charge is -2.25. The van der Waals surface area contributed by atoms with Gasteiger partial charge in [0, 0.05) is 12.3 Å². The number of rotatable bonds is 0.